The molecule has 12 heavy (non-hydrogen) atoms. The van der Waals surface area contributed by atoms with Crippen LogP contribution in [0.1, 0.15) is 17.9 Å². The van der Waals surface area contributed by atoms with Crippen molar-refractivity contribution in [3.05, 3.63) is 34.3 Å². The van der Waals surface area contributed by atoms with Crippen LogP contribution in [-0.2, 0) is 0 Å². The average molecular weight is 249 g/mol. The summed E-state index contributed by atoms with van der Waals surface area (Å²) >= 11 is 3.40. The molecule has 0 radical (unpaired) electrons. The van der Waals surface area contributed by atoms with Gasteiger partial charge in [0.15, 0.2) is 0 Å². The Kier molecular flexibility index (Phi) is 3.16. The van der Waals surface area contributed by atoms with Crippen molar-refractivity contribution in [2.75, 3.05) is 0 Å². The van der Waals surface area contributed by atoms with E-state index in [0.29, 0.717) is 12.0 Å². The van der Waals surface area contributed by atoms with Crippen molar-refractivity contribution in [1.29, 1.82) is 0 Å². The van der Waals surface area contributed by atoms with E-state index in [1.807, 2.05) is 0 Å². The number of benzene rings is 1. The lowest BCUT2D eigenvalue weighted by molar-refractivity contribution is 0.990. The molecule has 2 N–H and O–H groups in total. The standard InChI is InChI=1S/C9H10BrN.ClH/c10-7-3-1-6(2-4-7)8-5-9(8)11;/h1-4,8-9H,5,11H2;1H/t8?,9-;/m1./s1. The molecule has 1 aromatic carbocycles. The normalized spacial score (nSPS) is 26.2. The van der Waals surface area contributed by atoms with E-state index in [-0.39, 0.29) is 12.4 Å². The average Bonchev–Trinajstić information content (AvgIpc) is 2.69. The van der Waals surface area contributed by atoms with Gasteiger partial charge in [-0.2, -0.15) is 0 Å². The SMILES string of the molecule is Cl.N[C@@H]1CC1c1ccc(Br)cc1. The number of rotatable bonds is 1. The minimum Gasteiger partial charge on any atom is -0.327 e. The molecule has 1 aromatic rings. The zero-order chi connectivity index (χ0) is 7.84. The fraction of sp³-hybridized carbons (Fsp3) is 0.333. The van der Waals surface area contributed by atoms with Crippen LogP contribution in [0.3, 0.4) is 0 Å². The largest absolute Gasteiger partial charge is 0.327 e. The molecular weight excluding hydrogens is 237 g/mol. The van der Waals surface area contributed by atoms with Crippen LogP contribution in [0.15, 0.2) is 28.7 Å². The molecule has 1 nitrogen and oxygen atoms in total. The quantitative estimate of drug-likeness (QED) is 0.812. The van der Waals surface area contributed by atoms with E-state index in [1.165, 1.54) is 5.56 Å². The van der Waals surface area contributed by atoms with Gasteiger partial charge < -0.3 is 5.73 Å². The summed E-state index contributed by atoms with van der Waals surface area (Å²) < 4.78 is 1.13. The Morgan fingerprint density at radius 2 is 1.75 bits per heavy atom. The summed E-state index contributed by atoms with van der Waals surface area (Å²) in [5, 5.41) is 0. The molecule has 3 heteroatoms. The van der Waals surface area contributed by atoms with E-state index in [0.717, 1.165) is 10.9 Å². The lowest BCUT2D eigenvalue weighted by atomic mass is 10.1. The Morgan fingerprint density at radius 1 is 1.25 bits per heavy atom. The van der Waals surface area contributed by atoms with Crippen LogP contribution in [0, 0.1) is 0 Å². The van der Waals surface area contributed by atoms with Crippen LogP contribution in [0.25, 0.3) is 0 Å². The Balaban J connectivity index is 0.000000720. The van der Waals surface area contributed by atoms with E-state index in [2.05, 4.69) is 40.2 Å². The van der Waals surface area contributed by atoms with Gasteiger partial charge in [0.25, 0.3) is 0 Å². The number of nitrogens with two attached hydrogens (primary N) is 1. The van der Waals surface area contributed by atoms with Gasteiger partial charge in [0.2, 0.25) is 0 Å². The molecule has 0 aromatic heterocycles. The third-order valence-electron chi connectivity index (χ3n) is 2.14. The first-order valence-corrected chi connectivity index (χ1v) is 4.58. The number of halogens is 2. The van der Waals surface area contributed by atoms with Crippen molar-refractivity contribution in [1.82, 2.24) is 0 Å². The van der Waals surface area contributed by atoms with Gasteiger partial charge in [0.1, 0.15) is 0 Å². The van der Waals surface area contributed by atoms with Crippen LogP contribution in [0.4, 0.5) is 0 Å². The van der Waals surface area contributed by atoms with Crippen molar-refractivity contribution < 1.29 is 0 Å². The zero-order valence-electron chi connectivity index (χ0n) is 6.53. The number of hydrogen-bond acceptors (Lipinski definition) is 1. The molecule has 0 heterocycles. The Bertz CT molecular complexity index is 260. The van der Waals surface area contributed by atoms with Crippen molar-refractivity contribution in [3.63, 3.8) is 0 Å². The van der Waals surface area contributed by atoms with E-state index < -0.39 is 0 Å². The summed E-state index contributed by atoms with van der Waals surface area (Å²) in [5.41, 5.74) is 7.10. The summed E-state index contributed by atoms with van der Waals surface area (Å²) in [6.45, 7) is 0. The van der Waals surface area contributed by atoms with Crippen molar-refractivity contribution >= 4 is 28.3 Å². The monoisotopic (exact) mass is 247 g/mol. The first kappa shape index (κ1) is 10.0. The highest BCUT2D eigenvalue weighted by Gasteiger charge is 2.34. The van der Waals surface area contributed by atoms with E-state index in [9.17, 15) is 0 Å². The van der Waals surface area contributed by atoms with E-state index in [4.69, 9.17) is 5.73 Å². The van der Waals surface area contributed by atoms with Gasteiger partial charge in [0, 0.05) is 16.4 Å². The van der Waals surface area contributed by atoms with Crippen LogP contribution in [0.2, 0.25) is 0 Å². The predicted octanol–water partition coefficient (Wildman–Crippen LogP) is 2.69. The molecule has 2 rings (SSSR count). The van der Waals surface area contributed by atoms with Gasteiger partial charge in [-0.05, 0) is 24.1 Å². The molecule has 1 aliphatic rings. The van der Waals surface area contributed by atoms with Crippen LogP contribution in [0.5, 0.6) is 0 Å². The first-order chi connectivity index (χ1) is 5.27. The summed E-state index contributed by atoms with van der Waals surface area (Å²) in [7, 11) is 0. The fourth-order valence-electron chi connectivity index (χ4n) is 1.31. The van der Waals surface area contributed by atoms with Crippen molar-refractivity contribution in [2.45, 2.75) is 18.4 Å². The molecule has 1 fully saturated rings. The molecule has 1 unspecified atom stereocenters. The molecular formula is C9H11BrClN. The summed E-state index contributed by atoms with van der Waals surface area (Å²) in [4.78, 5) is 0. The highest BCUT2D eigenvalue weighted by molar-refractivity contribution is 9.10. The van der Waals surface area contributed by atoms with Gasteiger partial charge in [-0.1, -0.05) is 28.1 Å². The van der Waals surface area contributed by atoms with Crippen LogP contribution in [-0.4, -0.2) is 6.04 Å². The first-order valence-electron chi connectivity index (χ1n) is 3.78. The minimum atomic E-state index is 0. The number of hydrogen-bond donors (Lipinski definition) is 1. The predicted molar refractivity (Wildman–Crippen MR) is 56.7 cm³/mol. The minimum absolute atomic E-state index is 0. The maximum absolute atomic E-state index is 5.72. The van der Waals surface area contributed by atoms with Gasteiger partial charge in [-0.3, -0.25) is 0 Å². The molecule has 0 spiro atoms. The molecule has 0 saturated heterocycles. The third-order valence-corrected chi connectivity index (χ3v) is 2.67. The Hall–Kier alpha value is -0.0500. The zero-order valence-corrected chi connectivity index (χ0v) is 8.94. The summed E-state index contributed by atoms with van der Waals surface area (Å²) in [6, 6.07) is 8.83. The summed E-state index contributed by atoms with van der Waals surface area (Å²) in [5.74, 6) is 0.628. The fourth-order valence-corrected chi connectivity index (χ4v) is 1.57. The highest BCUT2D eigenvalue weighted by atomic mass is 79.9. The topological polar surface area (TPSA) is 26.0 Å². The van der Waals surface area contributed by atoms with Crippen molar-refractivity contribution in [3.8, 4) is 0 Å². The second-order valence-corrected chi connectivity index (χ2v) is 3.97. The molecule has 0 amide bonds. The molecule has 66 valence electrons. The molecule has 1 aliphatic carbocycles. The molecule has 0 aliphatic heterocycles. The lowest BCUT2D eigenvalue weighted by Gasteiger charge is -1.96. The second kappa shape index (κ2) is 3.77. The maximum Gasteiger partial charge on any atom is 0.0175 e. The van der Waals surface area contributed by atoms with Gasteiger partial charge in [-0.15, -0.1) is 12.4 Å². The van der Waals surface area contributed by atoms with E-state index in [1.54, 1.807) is 0 Å². The Labute approximate surface area is 86.9 Å². The Morgan fingerprint density at radius 3 is 2.17 bits per heavy atom. The molecule has 0 bridgehead atoms. The van der Waals surface area contributed by atoms with E-state index >= 15 is 0 Å². The second-order valence-electron chi connectivity index (χ2n) is 3.06. The van der Waals surface area contributed by atoms with Gasteiger partial charge in [0.05, 0.1) is 0 Å². The molecule has 2 atom stereocenters. The third kappa shape index (κ3) is 2.00. The molecule has 1 saturated carbocycles. The van der Waals surface area contributed by atoms with Gasteiger partial charge >= 0.3 is 0 Å². The van der Waals surface area contributed by atoms with Crippen LogP contribution >= 0.6 is 28.3 Å². The highest BCUT2D eigenvalue weighted by Crippen LogP contribution is 2.38. The summed E-state index contributed by atoms with van der Waals surface area (Å²) in [6.07, 6.45) is 1.15. The lowest BCUT2D eigenvalue weighted by Crippen LogP contribution is -2.00. The maximum atomic E-state index is 5.72. The van der Waals surface area contributed by atoms with Crippen molar-refractivity contribution in [2.24, 2.45) is 5.73 Å². The smallest absolute Gasteiger partial charge is 0.0175 e. The van der Waals surface area contributed by atoms with Gasteiger partial charge in [-0.25, -0.2) is 0 Å². The van der Waals surface area contributed by atoms with Crippen LogP contribution < -0.4 is 5.73 Å².